The Morgan fingerprint density at radius 1 is 1.14 bits per heavy atom. The van der Waals surface area contributed by atoms with Crippen LogP contribution in [0.5, 0.6) is 0 Å². The molecule has 0 aromatic carbocycles. The van der Waals surface area contributed by atoms with Crippen LogP contribution in [0, 0.1) is 0 Å². The van der Waals surface area contributed by atoms with E-state index in [2.05, 4.69) is 11.1 Å². The Morgan fingerprint density at radius 3 is 2.24 bits per heavy atom. The van der Waals surface area contributed by atoms with Crippen molar-refractivity contribution in [2.24, 2.45) is 0 Å². The standard InChI is InChI=1S/C14H26O5S.Na.H/c1-3-5-6-7-8-9-10-11-13(16)14(12-15)19-20(17)18-4-2;;/h12,14H,3-11H2,1-2H3;;/q;+1;-1. The molecule has 0 aliphatic heterocycles. The molecule has 0 amide bonds. The summed E-state index contributed by atoms with van der Waals surface area (Å²) in [5.41, 5.74) is 0. The maximum atomic E-state index is 11.7. The molecule has 0 bridgehead atoms. The molecule has 0 aromatic rings. The van der Waals surface area contributed by atoms with Crippen molar-refractivity contribution in [3.63, 3.8) is 0 Å². The van der Waals surface area contributed by atoms with Gasteiger partial charge in [-0.3, -0.25) is 13.8 Å². The molecule has 0 heterocycles. The first-order chi connectivity index (χ1) is 9.65. The summed E-state index contributed by atoms with van der Waals surface area (Å²) < 4.78 is 20.5. The van der Waals surface area contributed by atoms with Gasteiger partial charge in [-0.2, -0.15) is 4.21 Å². The van der Waals surface area contributed by atoms with Gasteiger partial charge in [-0.25, -0.2) is 4.18 Å². The number of hydrogen-bond donors (Lipinski definition) is 0. The zero-order valence-corrected chi connectivity index (χ0v) is 16.3. The van der Waals surface area contributed by atoms with Crippen LogP contribution in [-0.4, -0.2) is 29.0 Å². The molecule has 21 heavy (non-hydrogen) atoms. The third-order valence-electron chi connectivity index (χ3n) is 2.86. The number of aldehydes is 1. The minimum atomic E-state index is -2.04. The van der Waals surface area contributed by atoms with E-state index in [9.17, 15) is 13.8 Å². The SMILES string of the molecule is CCCCCCCCCC(=O)C(C=O)OS(=O)OCC.[H-].[Na+]. The van der Waals surface area contributed by atoms with Crippen molar-refractivity contribution in [2.75, 3.05) is 6.61 Å². The van der Waals surface area contributed by atoms with Crippen LogP contribution in [-0.2, 0) is 29.3 Å². The average Bonchev–Trinajstić information content (AvgIpc) is 2.43. The summed E-state index contributed by atoms with van der Waals surface area (Å²) in [7, 11) is 0. The molecule has 0 aromatic heterocycles. The van der Waals surface area contributed by atoms with Crippen LogP contribution in [0.3, 0.4) is 0 Å². The second-order valence-electron chi connectivity index (χ2n) is 4.60. The molecule has 120 valence electrons. The van der Waals surface area contributed by atoms with Crippen LogP contribution in [0.4, 0.5) is 0 Å². The van der Waals surface area contributed by atoms with E-state index in [0.29, 0.717) is 6.29 Å². The number of carbonyl (C=O) groups is 2. The van der Waals surface area contributed by atoms with Gasteiger partial charge in [0.15, 0.2) is 18.2 Å². The average molecular weight is 330 g/mol. The largest absolute Gasteiger partial charge is 1.00 e. The van der Waals surface area contributed by atoms with E-state index in [1.54, 1.807) is 6.92 Å². The van der Waals surface area contributed by atoms with E-state index in [1.807, 2.05) is 0 Å². The molecule has 0 saturated carbocycles. The Labute approximate surface area is 154 Å². The minimum Gasteiger partial charge on any atom is -1.00 e. The van der Waals surface area contributed by atoms with Crippen molar-refractivity contribution in [1.29, 1.82) is 0 Å². The molecule has 0 saturated heterocycles. The van der Waals surface area contributed by atoms with Crippen molar-refractivity contribution >= 4 is 23.4 Å². The predicted molar refractivity (Wildman–Crippen MR) is 79.4 cm³/mol. The molecule has 5 nitrogen and oxygen atoms in total. The third kappa shape index (κ3) is 13.8. The fourth-order valence-corrected chi connectivity index (χ4v) is 2.33. The second kappa shape index (κ2) is 16.8. The van der Waals surface area contributed by atoms with Gasteiger partial charge in [-0.15, -0.1) is 0 Å². The van der Waals surface area contributed by atoms with E-state index in [4.69, 9.17) is 4.18 Å². The first-order valence-electron chi connectivity index (χ1n) is 7.35. The zero-order valence-electron chi connectivity index (χ0n) is 14.5. The maximum absolute atomic E-state index is 11.7. The minimum absolute atomic E-state index is 0. The first-order valence-corrected chi connectivity index (χ1v) is 8.35. The Hall–Kier alpha value is 0.410. The monoisotopic (exact) mass is 330 g/mol. The van der Waals surface area contributed by atoms with E-state index >= 15 is 0 Å². The van der Waals surface area contributed by atoms with Crippen molar-refractivity contribution in [1.82, 2.24) is 0 Å². The summed E-state index contributed by atoms with van der Waals surface area (Å²) in [6.45, 7) is 4.02. The summed E-state index contributed by atoms with van der Waals surface area (Å²) in [5.74, 6) is -0.332. The van der Waals surface area contributed by atoms with E-state index < -0.39 is 17.5 Å². The Balaban J connectivity index is -0.00000180. The first kappa shape index (κ1) is 23.7. The molecule has 0 aliphatic rings. The number of rotatable bonds is 14. The van der Waals surface area contributed by atoms with Gasteiger partial charge >= 0.3 is 40.9 Å². The Kier molecular flexibility index (Phi) is 18.9. The summed E-state index contributed by atoms with van der Waals surface area (Å²) in [4.78, 5) is 22.5. The number of hydrogen-bond acceptors (Lipinski definition) is 5. The number of unbranched alkanes of at least 4 members (excludes halogenated alkanes) is 6. The number of Topliss-reactive ketones (excluding diaryl/α,β-unsaturated/α-hetero) is 1. The topological polar surface area (TPSA) is 69.7 Å². The molecule has 0 N–H and O–H groups in total. The van der Waals surface area contributed by atoms with Crippen LogP contribution >= 0.6 is 0 Å². The van der Waals surface area contributed by atoms with Crippen molar-refractivity contribution < 1.29 is 53.1 Å². The van der Waals surface area contributed by atoms with E-state index in [1.165, 1.54) is 25.7 Å². The van der Waals surface area contributed by atoms with Crippen LogP contribution in [0.1, 0.15) is 66.6 Å². The number of carbonyl (C=O) groups excluding carboxylic acids is 2. The maximum Gasteiger partial charge on any atom is 1.00 e. The molecule has 2 atom stereocenters. The van der Waals surface area contributed by atoms with Gasteiger partial charge in [0.25, 0.3) is 0 Å². The molecule has 0 spiro atoms. The third-order valence-corrected chi connectivity index (χ3v) is 3.66. The van der Waals surface area contributed by atoms with Gasteiger partial charge in [0.1, 0.15) is 0 Å². The molecule has 0 rings (SSSR count). The van der Waals surface area contributed by atoms with Gasteiger partial charge < -0.3 is 1.43 Å². The van der Waals surface area contributed by atoms with Gasteiger partial charge in [-0.1, -0.05) is 45.4 Å². The molecular weight excluding hydrogens is 303 g/mol. The predicted octanol–water partition coefficient (Wildman–Crippen LogP) is 0.0120. The van der Waals surface area contributed by atoms with Crippen LogP contribution in [0.15, 0.2) is 0 Å². The summed E-state index contributed by atoms with van der Waals surface area (Å²) >= 11 is -2.04. The summed E-state index contributed by atoms with van der Waals surface area (Å²) in [6.07, 6.45) is 7.07. The second-order valence-corrected chi connectivity index (χ2v) is 5.44. The van der Waals surface area contributed by atoms with E-state index in [-0.39, 0.29) is 49.8 Å². The zero-order chi connectivity index (χ0) is 15.2. The Morgan fingerprint density at radius 2 is 1.71 bits per heavy atom. The van der Waals surface area contributed by atoms with Crippen LogP contribution in [0.2, 0.25) is 0 Å². The van der Waals surface area contributed by atoms with Crippen molar-refractivity contribution in [3.05, 3.63) is 0 Å². The molecule has 2 unspecified atom stereocenters. The summed E-state index contributed by atoms with van der Waals surface area (Å²) in [6, 6.07) is 0. The molecular formula is C14H27NaO5S. The quantitative estimate of drug-likeness (QED) is 0.194. The molecule has 0 fully saturated rings. The van der Waals surface area contributed by atoms with Crippen molar-refractivity contribution in [3.8, 4) is 0 Å². The molecule has 0 radical (unpaired) electrons. The molecule has 7 heteroatoms. The summed E-state index contributed by atoms with van der Waals surface area (Å²) in [5, 5.41) is 0. The smallest absolute Gasteiger partial charge is 1.00 e. The van der Waals surface area contributed by atoms with Gasteiger partial charge in [-0.05, 0) is 13.3 Å². The normalized spacial score (nSPS) is 13.2. The fraction of sp³-hybridized carbons (Fsp3) is 0.857. The van der Waals surface area contributed by atoms with E-state index in [0.717, 1.165) is 19.3 Å². The Bertz CT molecular complexity index is 305. The van der Waals surface area contributed by atoms with Crippen LogP contribution < -0.4 is 29.6 Å². The van der Waals surface area contributed by atoms with Gasteiger partial charge in [0, 0.05) is 6.42 Å². The fourth-order valence-electron chi connectivity index (χ4n) is 1.76. The van der Waals surface area contributed by atoms with Crippen molar-refractivity contribution in [2.45, 2.75) is 71.3 Å². The number of ketones is 1. The van der Waals surface area contributed by atoms with Gasteiger partial charge in [0.05, 0.1) is 6.61 Å². The van der Waals surface area contributed by atoms with Gasteiger partial charge in [0.2, 0.25) is 0 Å². The molecule has 0 aliphatic carbocycles. The van der Waals surface area contributed by atoms with Crippen LogP contribution in [0.25, 0.3) is 0 Å².